The number of nitrogens with zero attached hydrogens (tertiary/aromatic N) is 5. The molecule has 3 fully saturated rings. The van der Waals surface area contributed by atoms with Crippen LogP contribution in [0.2, 0.25) is 5.02 Å². The molecule has 4 heterocycles. The van der Waals surface area contributed by atoms with E-state index in [1.807, 2.05) is 35.8 Å². The molecule has 4 aromatic rings. The van der Waals surface area contributed by atoms with Crippen LogP contribution in [-0.4, -0.2) is 47.0 Å². The number of halogens is 1. The second-order valence-corrected chi connectivity index (χ2v) is 9.34. The number of aliphatic hydroxyl groups is 1. The predicted octanol–water partition coefficient (Wildman–Crippen LogP) is 3.92. The van der Waals surface area contributed by atoms with Crippen molar-refractivity contribution in [1.29, 1.82) is 0 Å². The predicted molar refractivity (Wildman–Crippen MR) is 119 cm³/mol. The Balaban J connectivity index is 1.45. The topological polar surface area (TPSA) is 104 Å². The van der Waals surface area contributed by atoms with Crippen molar-refractivity contribution in [3.63, 3.8) is 0 Å². The molecule has 8 nitrogen and oxygen atoms in total. The Morgan fingerprint density at radius 3 is 2.87 bits per heavy atom. The SMILES string of the molecule is CC(O)[C@H]1C2CCC(CC2)[C@@H]1Nc1nc(-c2[nH]nc3ncc(Cl)cc23)nn2cccc12. The van der Waals surface area contributed by atoms with E-state index in [1.165, 1.54) is 25.7 Å². The van der Waals surface area contributed by atoms with Crippen molar-refractivity contribution in [3.05, 3.63) is 35.6 Å². The van der Waals surface area contributed by atoms with E-state index >= 15 is 0 Å². The first-order chi connectivity index (χ1) is 15.1. The highest BCUT2D eigenvalue weighted by atomic mass is 35.5. The fraction of sp³-hybridized carbons (Fsp3) is 0.455. The van der Waals surface area contributed by atoms with Gasteiger partial charge in [0.2, 0.25) is 5.82 Å². The summed E-state index contributed by atoms with van der Waals surface area (Å²) < 4.78 is 1.83. The summed E-state index contributed by atoms with van der Waals surface area (Å²) in [4.78, 5) is 9.17. The quantitative estimate of drug-likeness (QED) is 0.447. The van der Waals surface area contributed by atoms with Crippen LogP contribution in [0.1, 0.15) is 32.6 Å². The lowest BCUT2D eigenvalue weighted by atomic mass is 9.60. The average molecular weight is 438 g/mol. The molecule has 0 aromatic carbocycles. The van der Waals surface area contributed by atoms with Gasteiger partial charge in [-0.2, -0.15) is 5.10 Å². The van der Waals surface area contributed by atoms with Crippen LogP contribution < -0.4 is 5.32 Å². The Bertz CT molecular complexity index is 1260. The first-order valence-corrected chi connectivity index (χ1v) is 11.3. The van der Waals surface area contributed by atoms with E-state index in [4.69, 9.17) is 16.6 Å². The van der Waals surface area contributed by atoms with Crippen molar-refractivity contribution in [1.82, 2.24) is 29.8 Å². The van der Waals surface area contributed by atoms with E-state index in [1.54, 1.807) is 6.20 Å². The summed E-state index contributed by atoms with van der Waals surface area (Å²) in [5.41, 5.74) is 2.17. The van der Waals surface area contributed by atoms with Crippen molar-refractivity contribution in [3.8, 4) is 11.5 Å². The molecule has 0 amide bonds. The van der Waals surface area contributed by atoms with Crippen molar-refractivity contribution >= 4 is 34.0 Å². The minimum Gasteiger partial charge on any atom is -0.393 e. The number of pyridine rings is 1. The molecular weight excluding hydrogens is 414 g/mol. The van der Waals surface area contributed by atoms with Gasteiger partial charge in [0, 0.05) is 24.4 Å². The minimum atomic E-state index is -0.348. The lowest BCUT2D eigenvalue weighted by Gasteiger charge is -2.50. The zero-order chi connectivity index (χ0) is 21.1. The molecule has 0 saturated heterocycles. The first-order valence-electron chi connectivity index (χ1n) is 10.9. The molecule has 2 bridgehead atoms. The summed E-state index contributed by atoms with van der Waals surface area (Å²) in [6.07, 6.45) is 7.97. The Hall–Kier alpha value is -2.71. The van der Waals surface area contributed by atoms with Gasteiger partial charge in [-0.25, -0.2) is 14.5 Å². The molecular formula is C22H24ClN7O. The van der Waals surface area contributed by atoms with E-state index in [2.05, 4.69) is 25.6 Å². The van der Waals surface area contributed by atoms with Gasteiger partial charge in [-0.1, -0.05) is 11.6 Å². The van der Waals surface area contributed by atoms with E-state index in [0.29, 0.717) is 34.0 Å². The standard InChI is InChI=1S/C22H24ClN7O/c1-11(31)17-12-4-6-13(7-5-12)18(17)25-21-16-3-2-8-30(16)29-22(26-21)19-15-9-14(23)10-24-20(15)28-27-19/h2-3,8-13,17-18,31H,4-7H2,1H3,(H,24,27,28)(H,25,26,29)/t11?,12?,13?,17-,18-/m0/s1. The molecule has 3 aliphatic rings. The van der Waals surface area contributed by atoms with Crippen molar-refractivity contribution in [2.45, 2.75) is 44.8 Å². The third-order valence-electron chi connectivity index (χ3n) is 7.13. The third kappa shape index (κ3) is 3.08. The van der Waals surface area contributed by atoms with Crippen LogP contribution >= 0.6 is 11.6 Å². The molecule has 0 aliphatic heterocycles. The number of nitrogens with one attached hydrogen (secondary N) is 2. The van der Waals surface area contributed by atoms with Crippen molar-refractivity contribution in [2.24, 2.45) is 17.8 Å². The van der Waals surface area contributed by atoms with E-state index in [-0.39, 0.29) is 18.1 Å². The van der Waals surface area contributed by atoms with Gasteiger partial charge in [0.15, 0.2) is 11.5 Å². The van der Waals surface area contributed by atoms with Crippen molar-refractivity contribution in [2.75, 3.05) is 5.32 Å². The molecule has 31 heavy (non-hydrogen) atoms. The number of rotatable bonds is 4. The van der Waals surface area contributed by atoms with Crippen LogP contribution in [0.4, 0.5) is 5.82 Å². The number of hydrogen-bond donors (Lipinski definition) is 3. The van der Waals surface area contributed by atoms with Gasteiger partial charge in [-0.05, 0) is 62.6 Å². The molecule has 4 aromatic heterocycles. The van der Waals surface area contributed by atoms with Crippen LogP contribution in [-0.2, 0) is 0 Å². The molecule has 160 valence electrons. The molecule has 0 radical (unpaired) electrons. The zero-order valence-corrected chi connectivity index (χ0v) is 17.9. The van der Waals surface area contributed by atoms with Crippen LogP contribution in [0.25, 0.3) is 28.1 Å². The number of anilines is 1. The largest absolute Gasteiger partial charge is 0.393 e. The summed E-state index contributed by atoms with van der Waals surface area (Å²) in [5, 5.41) is 27.6. The number of aromatic nitrogens is 6. The molecule has 9 heteroatoms. The normalized spacial score (nSPS) is 26.5. The Morgan fingerprint density at radius 2 is 2.06 bits per heavy atom. The summed E-state index contributed by atoms with van der Waals surface area (Å²) in [6, 6.07) is 5.99. The summed E-state index contributed by atoms with van der Waals surface area (Å²) in [5.74, 6) is 2.64. The second-order valence-electron chi connectivity index (χ2n) is 8.91. The highest BCUT2D eigenvalue weighted by Crippen LogP contribution is 2.47. The Kier molecular flexibility index (Phi) is 4.40. The molecule has 3 saturated carbocycles. The fourth-order valence-corrected chi connectivity index (χ4v) is 5.91. The van der Waals surface area contributed by atoms with Gasteiger partial charge in [0.25, 0.3) is 0 Å². The number of hydrogen-bond acceptors (Lipinski definition) is 6. The highest BCUT2D eigenvalue weighted by Gasteiger charge is 2.45. The van der Waals surface area contributed by atoms with Gasteiger partial charge >= 0.3 is 0 Å². The molecule has 1 unspecified atom stereocenters. The maximum Gasteiger partial charge on any atom is 0.200 e. The lowest BCUT2D eigenvalue weighted by molar-refractivity contribution is -0.00531. The number of aromatic amines is 1. The monoisotopic (exact) mass is 437 g/mol. The Labute approximate surface area is 184 Å². The molecule has 7 rings (SSSR count). The van der Waals surface area contributed by atoms with Gasteiger partial charge in [0.05, 0.1) is 16.5 Å². The number of fused-ring (bicyclic) bond motifs is 5. The Morgan fingerprint density at radius 1 is 1.26 bits per heavy atom. The highest BCUT2D eigenvalue weighted by molar-refractivity contribution is 6.31. The molecule has 3 N–H and O–H groups in total. The molecule has 3 atom stereocenters. The number of H-pyrrole nitrogens is 1. The van der Waals surface area contributed by atoms with E-state index in [9.17, 15) is 5.11 Å². The van der Waals surface area contributed by atoms with Crippen LogP contribution in [0.15, 0.2) is 30.6 Å². The molecule has 0 spiro atoms. The van der Waals surface area contributed by atoms with E-state index in [0.717, 1.165) is 16.7 Å². The first kappa shape index (κ1) is 19.0. The van der Waals surface area contributed by atoms with E-state index < -0.39 is 0 Å². The second kappa shape index (κ2) is 7.17. The van der Waals surface area contributed by atoms with Gasteiger partial charge in [-0.3, -0.25) is 5.10 Å². The minimum absolute atomic E-state index is 0.198. The molecule has 3 aliphatic carbocycles. The van der Waals surface area contributed by atoms with Crippen LogP contribution in [0.3, 0.4) is 0 Å². The van der Waals surface area contributed by atoms with Crippen LogP contribution in [0.5, 0.6) is 0 Å². The average Bonchev–Trinajstić information content (AvgIpc) is 3.41. The summed E-state index contributed by atoms with van der Waals surface area (Å²) >= 11 is 6.17. The van der Waals surface area contributed by atoms with Gasteiger partial charge < -0.3 is 10.4 Å². The number of aliphatic hydroxyl groups excluding tert-OH is 1. The van der Waals surface area contributed by atoms with Gasteiger partial charge in [0.1, 0.15) is 11.2 Å². The maximum atomic E-state index is 10.6. The fourth-order valence-electron chi connectivity index (χ4n) is 5.75. The summed E-state index contributed by atoms with van der Waals surface area (Å²) in [6.45, 7) is 1.92. The third-order valence-corrected chi connectivity index (χ3v) is 7.34. The lowest BCUT2D eigenvalue weighted by Crippen LogP contribution is -2.52. The van der Waals surface area contributed by atoms with Crippen LogP contribution in [0, 0.1) is 17.8 Å². The zero-order valence-electron chi connectivity index (χ0n) is 17.2. The van der Waals surface area contributed by atoms with Crippen molar-refractivity contribution < 1.29 is 5.11 Å². The summed E-state index contributed by atoms with van der Waals surface area (Å²) in [7, 11) is 0. The van der Waals surface area contributed by atoms with Gasteiger partial charge in [-0.15, -0.1) is 5.10 Å². The maximum absolute atomic E-state index is 10.6. The smallest absolute Gasteiger partial charge is 0.200 e.